The topological polar surface area (TPSA) is 55.1 Å². The minimum absolute atomic E-state index is 0.0558. The summed E-state index contributed by atoms with van der Waals surface area (Å²) in [5, 5.41) is 3.59. The van der Waals surface area contributed by atoms with Crippen LogP contribution in [0.2, 0.25) is 0 Å². The summed E-state index contributed by atoms with van der Waals surface area (Å²) in [7, 11) is 0. The van der Waals surface area contributed by atoms with Gasteiger partial charge in [0.15, 0.2) is 5.76 Å². The second-order valence-electron chi connectivity index (χ2n) is 5.33. The number of carbonyl (C=O) groups excluding carboxylic acids is 1. The number of nitrogens with one attached hydrogen (secondary N) is 1. The zero-order chi connectivity index (χ0) is 15.4. The number of hydrogen-bond acceptors (Lipinski definition) is 4. The van der Waals surface area contributed by atoms with Crippen molar-refractivity contribution >= 4 is 33.6 Å². The number of thioether (sulfide) groups is 1. The van der Waals surface area contributed by atoms with E-state index >= 15 is 0 Å². The lowest BCUT2D eigenvalue weighted by molar-refractivity contribution is -0.119. The summed E-state index contributed by atoms with van der Waals surface area (Å²) in [4.78, 5) is 16.1. The van der Waals surface area contributed by atoms with Crippen molar-refractivity contribution in [2.24, 2.45) is 0 Å². The molecule has 6 heteroatoms. The maximum absolute atomic E-state index is 11.9. The maximum atomic E-state index is 11.9. The molecule has 0 spiro atoms. The van der Waals surface area contributed by atoms with Gasteiger partial charge in [0.25, 0.3) is 5.22 Å². The lowest BCUT2D eigenvalue weighted by Crippen LogP contribution is -2.33. The molecule has 1 heterocycles. The molecule has 1 aromatic heterocycles. The van der Waals surface area contributed by atoms with Crippen molar-refractivity contribution in [2.45, 2.75) is 36.9 Å². The molecule has 0 bridgehead atoms. The molecule has 3 rings (SSSR count). The molecular weight excluding hydrogens is 364 g/mol. The molecule has 1 fully saturated rings. The summed E-state index contributed by atoms with van der Waals surface area (Å²) in [6.07, 6.45) is 6.33. The number of hydrogen-bond donors (Lipinski definition) is 1. The van der Waals surface area contributed by atoms with Crippen LogP contribution >= 0.6 is 27.7 Å². The number of amides is 1. The van der Waals surface area contributed by atoms with Gasteiger partial charge in [-0.3, -0.25) is 4.79 Å². The Bertz CT molecular complexity index is 636. The van der Waals surface area contributed by atoms with E-state index in [1.165, 1.54) is 24.6 Å². The molecule has 0 saturated heterocycles. The Morgan fingerprint density at radius 2 is 2.05 bits per heavy atom. The number of benzene rings is 1. The van der Waals surface area contributed by atoms with E-state index in [0.29, 0.717) is 22.8 Å². The highest BCUT2D eigenvalue weighted by Crippen LogP contribution is 2.26. The smallest absolute Gasteiger partial charge is 0.256 e. The third-order valence-corrected chi connectivity index (χ3v) is 5.03. The summed E-state index contributed by atoms with van der Waals surface area (Å²) in [6, 6.07) is 8.20. The minimum Gasteiger partial charge on any atom is -0.431 e. The highest BCUT2D eigenvalue weighted by atomic mass is 79.9. The van der Waals surface area contributed by atoms with Gasteiger partial charge in [-0.15, -0.1) is 0 Å². The summed E-state index contributed by atoms with van der Waals surface area (Å²) < 4.78 is 6.71. The van der Waals surface area contributed by atoms with Crippen LogP contribution < -0.4 is 5.32 Å². The van der Waals surface area contributed by atoms with Gasteiger partial charge in [-0.2, -0.15) is 0 Å². The number of aromatic nitrogens is 1. The molecular formula is C16H17BrN2O2S. The average molecular weight is 381 g/mol. The number of oxazole rings is 1. The van der Waals surface area contributed by atoms with Gasteiger partial charge in [0.2, 0.25) is 5.91 Å². The van der Waals surface area contributed by atoms with E-state index in [1.807, 2.05) is 24.3 Å². The van der Waals surface area contributed by atoms with Gasteiger partial charge >= 0.3 is 0 Å². The highest BCUT2D eigenvalue weighted by molar-refractivity contribution is 9.10. The molecule has 1 amide bonds. The van der Waals surface area contributed by atoms with Crippen molar-refractivity contribution in [3.05, 3.63) is 34.9 Å². The van der Waals surface area contributed by atoms with E-state index in [9.17, 15) is 4.79 Å². The van der Waals surface area contributed by atoms with Crippen LogP contribution in [-0.4, -0.2) is 22.7 Å². The van der Waals surface area contributed by atoms with Crippen LogP contribution in [0.4, 0.5) is 0 Å². The molecule has 0 aliphatic heterocycles. The van der Waals surface area contributed by atoms with Crippen molar-refractivity contribution in [1.82, 2.24) is 10.3 Å². The van der Waals surface area contributed by atoms with E-state index in [2.05, 4.69) is 26.2 Å². The zero-order valence-corrected chi connectivity index (χ0v) is 14.5. The number of nitrogens with zero attached hydrogens (tertiary/aromatic N) is 1. The molecule has 2 aromatic rings. The van der Waals surface area contributed by atoms with Crippen molar-refractivity contribution in [3.63, 3.8) is 0 Å². The number of halogens is 1. The van der Waals surface area contributed by atoms with Crippen LogP contribution in [0.15, 0.2) is 44.6 Å². The number of rotatable bonds is 5. The van der Waals surface area contributed by atoms with Crippen LogP contribution in [0.3, 0.4) is 0 Å². The molecule has 4 nitrogen and oxygen atoms in total. The average Bonchev–Trinajstić information content (AvgIpc) is 3.17. The first-order chi connectivity index (χ1) is 10.7. The van der Waals surface area contributed by atoms with Crippen LogP contribution in [0.5, 0.6) is 0 Å². The highest BCUT2D eigenvalue weighted by Gasteiger charge is 2.17. The minimum atomic E-state index is 0.0558. The molecule has 1 aliphatic rings. The Kier molecular flexibility index (Phi) is 5.20. The van der Waals surface area contributed by atoms with Gasteiger partial charge in [0.1, 0.15) is 0 Å². The molecule has 1 saturated carbocycles. The second kappa shape index (κ2) is 7.33. The molecule has 1 aromatic carbocycles. The van der Waals surface area contributed by atoms with E-state index in [-0.39, 0.29) is 5.91 Å². The van der Waals surface area contributed by atoms with Crippen LogP contribution in [0.25, 0.3) is 11.3 Å². The van der Waals surface area contributed by atoms with Crippen LogP contribution in [-0.2, 0) is 4.79 Å². The molecule has 1 aliphatic carbocycles. The Morgan fingerprint density at radius 3 is 2.77 bits per heavy atom. The van der Waals surface area contributed by atoms with Crippen molar-refractivity contribution < 1.29 is 9.21 Å². The molecule has 0 atom stereocenters. The van der Waals surface area contributed by atoms with Gasteiger partial charge < -0.3 is 9.73 Å². The van der Waals surface area contributed by atoms with Gasteiger partial charge in [-0.25, -0.2) is 4.98 Å². The lowest BCUT2D eigenvalue weighted by atomic mass is 10.2. The Labute approximate surface area is 142 Å². The van der Waals surface area contributed by atoms with Crippen molar-refractivity contribution in [3.8, 4) is 11.3 Å². The Hall–Kier alpha value is -1.27. The summed E-state index contributed by atoms with van der Waals surface area (Å²) in [5.74, 6) is 1.11. The first-order valence-electron chi connectivity index (χ1n) is 7.34. The molecule has 1 N–H and O–H groups in total. The molecule has 0 radical (unpaired) electrons. The van der Waals surface area contributed by atoms with E-state index in [4.69, 9.17) is 4.42 Å². The third kappa shape index (κ3) is 4.14. The van der Waals surface area contributed by atoms with E-state index in [0.717, 1.165) is 22.9 Å². The quantitative estimate of drug-likeness (QED) is 0.787. The van der Waals surface area contributed by atoms with Crippen molar-refractivity contribution in [1.29, 1.82) is 0 Å². The first kappa shape index (κ1) is 15.6. The lowest BCUT2D eigenvalue weighted by Gasteiger charge is -2.10. The maximum Gasteiger partial charge on any atom is 0.256 e. The second-order valence-corrected chi connectivity index (χ2v) is 7.18. The number of carbonyl (C=O) groups is 1. The van der Waals surface area contributed by atoms with Gasteiger partial charge in [0, 0.05) is 16.1 Å². The fourth-order valence-electron chi connectivity index (χ4n) is 2.54. The summed E-state index contributed by atoms with van der Waals surface area (Å²) in [5.41, 5.74) is 0.970. The predicted molar refractivity (Wildman–Crippen MR) is 90.8 cm³/mol. The van der Waals surface area contributed by atoms with Gasteiger partial charge in [0.05, 0.1) is 11.9 Å². The van der Waals surface area contributed by atoms with Crippen LogP contribution in [0.1, 0.15) is 25.7 Å². The molecule has 0 unspecified atom stereocenters. The standard InChI is InChI=1S/C16H17BrN2O2S/c17-12-7-5-11(6-8-12)14-9-18-16(21-14)22-10-15(20)19-13-3-1-2-4-13/h5-9,13H,1-4,10H2,(H,19,20). The first-order valence-corrected chi connectivity index (χ1v) is 9.12. The molecule has 116 valence electrons. The SMILES string of the molecule is O=C(CSc1ncc(-c2ccc(Br)cc2)o1)NC1CCCC1. The third-order valence-electron chi connectivity index (χ3n) is 3.66. The summed E-state index contributed by atoms with van der Waals surface area (Å²) in [6.45, 7) is 0. The van der Waals surface area contributed by atoms with Gasteiger partial charge in [-0.1, -0.05) is 52.7 Å². The van der Waals surface area contributed by atoms with Crippen LogP contribution in [0, 0.1) is 0 Å². The largest absolute Gasteiger partial charge is 0.431 e. The Balaban J connectivity index is 1.53. The Morgan fingerprint density at radius 1 is 1.32 bits per heavy atom. The summed E-state index contributed by atoms with van der Waals surface area (Å²) >= 11 is 4.74. The van der Waals surface area contributed by atoms with Gasteiger partial charge in [-0.05, 0) is 25.0 Å². The fourth-order valence-corrected chi connectivity index (χ4v) is 3.42. The predicted octanol–water partition coefficient (Wildman–Crippen LogP) is 4.26. The monoisotopic (exact) mass is 380 g/mol. The van der Waals surface area contributed by atoms with Crippen molar-refractivity contribution in [2.75, 3.05) is 5.75 Å². The fraction of sp³-hybridized carbons (Fsp3) is 0.375. The molecule has 22 heavy (non-hydrogen) atoms. The zero-order valence-electron chi connectivity index (χ0n) is 12.0. The van der Waals surface area contributed by atoms with E-state index in [1.54, 1.807) is 6.20 Å². The normalized spacial score (nSPS) is 15.1. The van der Waals surface area contributed by atoms with E-state index < -0.39 is 0 Å².